The predicted octanol–water partition coefficient (Wildman–Crippen LogP) is 4.47. The van der Waals surface area contributed by atoms with Crippen molar-refractivity contribution in [3.05, 3.63) is 77.6 Å². The molecular weight excluding hydrogens is 514 g/mol. The van der Waals surface area contributed by atoms with Gasteiger partial charge < -0.3 is 14.8 Å². The second-order valence-electron chi connectivity index (χ2n) is 10.9. The third-order valence-corrected chi connectivity index (χ3v) is 9.76. The zero-order valence-corrected chi connectivity index (χ0v) is 23.4. The minimum absolute atomic E-state index is 0.0438. The van der Waals surface area contributed by atoms with E-state index in [1.165, 1.54) is 0 Å². The molecule has 5 rings (SSSR count). The Bertz CT molecular complexity index is 1550. The molecule has 1 aliphatic carbocycles. The maximum atomic E-state index is 14.1. The number of rotatable bonds is 9. The second kappa shape index (κ2) is 10.6. The largest absolute Gasteiger partial charge is 0.361 e. The van der Waals surface area contributed by atoms with Crippen LogP contribution in [0.4, 0.5) is 0 Å². The van der Waals surface area contributed by atoms with Gasteiger partial charge in [-0.25, -0.2) is 8.42 Å². The minimum Gasteiger partial charge on any atom is -0.361 e. The van der Waals surface area contributed by atoms with Gasteiger partial charge in [0, 0.05) is 47.4 Å². The molecule has 3 aromatic heterocycles. The lowest BCUT2D eigenvalue weighted by Gasteiger charge is -2.38. The van der Waals surface area contributed by atoms with E-state index >= 15 is 0 Å². The monoisotopic (exact) mass is 549 g/mol. The Labute approximate surface area is 228 Å². The lowest BCUT2D eigenvalue weighted by atomic mass is 9.71. The van der Waals surface area contributed by atoms with Gasteiger partial charge in [-0.1, -0.05) is 48.7 Å². The average molecular weight is 550 g/mol. The molecule has 4 aromatic rings. The van der Waals surface area contributed by atoms with Gasteiger partial charge in [-0.3, -0.25) is 9.78 Å². The third kappa shape index (κ3) is 5.35. The number of H-pyrrole nitrogens is 1. The number of aryl methyl sites for hydroxylation is 2. The first kappa shape index (κ1) is 27.1. The maximum absolute atomic E-state index is 14.1. The molecule has 0 bridgehead atoms. The molecule has 1 fully saturated rings. The van der Waals surface area contributed by atoms with Crippen LogP contribution >= 0.6 is 0 Å². The molecular formula is C29H35N5O4S. The van der Waals surface area contributed by atoms with E-state index < -0.39 is 21.5 Å². The molecule has 1 amide bonds. The Morgan fingerprint density at radius 1 is 1.10 bits per heavy atom. The summed E-state index contributed by atoms with van der Waals surface area (Å²) in [6.45, 7) is 5.13. The second-order valence-corrected chi connectivity index (χ2v) is 12.5. The van der Waals surface area contributed by atoms with Gasteiger partial charge in [0.2, 0.25) is 15.9 Å². The quantitative estimate of drug-likeness (QED) is 0.283. The van der Waals surface area contributed by atoms with E-state index in [-0.39, 0.29) is 28.2 Å². The number of nitrogens with zero attached hydrogens (tertiary/aromatic N) is 2. The Hall–Kier alpha value is -3.50. The third-order valence-electron chi connectivity index (χ3n) is 7.92. The first-order chi connectivity index (χ1) is 18.6. The molecule has 1 aliphatic rings. The zero-order valence-electron chi connectivity index (χ0n) is 22.6. The van der Waals surface area contributed by atoms with Crippen LogP contribution in [0, 0.1) is 13.8 Å². The van der Waals surface area contributed by atoms with E-state index in [1.807, 2.05) is 48.7 Å². The molecule has 10 heteroatoms. The first-order valence-electron chi connectivity index (χ1n) is 13.4. The Balaban J connectivity index is 1.48. The number of aromatic amines is 1. The van der Waals surface area contributed by atoms with E-state index in [1.54, 1.807) is 27.0 Å². The van der Waals surface area contributed by atoms with Gasteiger partial charge >= 0.3 is 0 Å². The van der Waals surface area contributed by atoms with Crippen molar-refractivity contribution in [2.75, 3.05) is 6.54 Å². The number of carbonyl (C=O) groups is 1. The number of pyridine rings is 1. The number of fused-ring (bicyclic) bond motifs is 1. The molecule has 1 atom stereocenters. The van der Waals surface area contributed by atoms with Crippen molar-refractivity contribution >= 4 is 26.8 Å². The van der Waals surface area contributed by atoms with E-state index in [4.69, 9.17) is 4.52 Å². The van der Waals surface area contributed by atoms with Crippen LogP contribution in [0.15, 0.2) is 64.3 Å². The lowest BCUT2D eigenvalue weighted by molar-refractivity contribution is -0.126. The summed E-state index contributed by atoms with van der Waals surface area (Å²) in [6, 6.07) is 13.6. The summed E-state index contributed by atoms with van der Waals surface area (Å²) in [5, 5.41) is 7.88. The number of para-hydroxylation sites is 1. The summed E-state index contributed by atoms with van der Waals surface area (Å²) in [6.07, 6.45) is 8.83. The number of amides is 1. The predicted molar refractivity (Wildman–Crippen MR) is 149 cm³/mol. The van der Waals surface area contributed by atoms with Crippen LogP contribution in [0.25, 0.3) is 10.9 Å². The van der Waals surface area contributed by atoms with E-state index in [2.05, 4.69) is 25.2 Å². The lowest BCUT2D eigenvalue weighted by Crippen LogP contribution is -2.59. The maximum Gasteiger partial charge on any atom is 0.246 e. The molecule has 0 spiro atoms. The molecule has 39 heavy (non-hydrogen) atoms. The SMILES string of the molecule is Cc1noc(C)c1S(=O)(=O)N[C@@](C)(Cc1c[nH]c2ccccc12)C(=O)NCC1(c2ccccn2)CCCCC1. The van der Waals surface area contributed by atoms with Gasteiger partial charge in [0.1, 0.15) is 16.1 Å². The minimum atomic E-state index is -4.14. The van der Waals surface area contributed by atoms with Crippen molar-refractivity contribution in [3.63, 3.8) is 0 Å². The summed E-state index contributed by atoms with van der Waals surface area (Å²) < 4.78 is 35.1. The highest BCUT2D eigenvalue weighted by Gasteiger charge is 2.42. The molecule has 3 N–H and O–H groups in total. The summed E-state index contributed by atoms with van der Waals surface area (Å²) in [5.41, 5.74) is 1.16. The highest BCUT2D eigenvalue weighted by Crippen LogP contribution is 2.38. The van der Waals surface area contributed by atoms with Gasteiger partial charge in [0.05, 0.1) is 0 Å². The van der Waals surface area contributed by atoms with E-state index in [9.17, 15) is 13.2 Å². The summed E-state index contributed by atoms with van der Waals surface area (Å²) >= 11 is 0. The first-order valence-corrected chi connectivity index (χ1v) is 14.8. The fraction of sp³-hybridized carbons (Fsp3) is 0.414. The molecule has 0 aliphatic heterocycles. The average Bonchev–Trinajstić information content (AvgIpc) is 3.50. The highest BCUT2D eigenvalue weighted by molar-refractivity contribution is 7.89. The fourth-order valence-corrected chi connectivity index (χ4v) is 7.60. The smallest absolute Gasteiger partial charge is 0.246 e. The Morgan fingerprint density at radius 2 is 1.85 bits per heavy atom. The number of carbonyl (C=O) groups excluding carboxylic acids is 1. The zero-order chi connectivity index (χ0) is 27.7. The standard InChI is InChI=1S/C29H35N5O4S/c1-20-26(21(2)38-33-20)39(36,37)34-28(3,17-22-18-31-24-12-6-5-11-23(22)24)27(35)32-19-29(14-8-4-9-15-29)25-13-7-10-16-30-25/h5-7,10-13,16,18,31,34H,4,8-9,14-15,17,19H2,1-3H3,(H,32,35)/t28-/m0/s1. The van der Waals surface area contributed by atoms with Crippen molar-refractivity contribution in [3.8, 4) is 0 Å². The Morgan fingerprint density at radius 3 is 2.54 bits per heavy atom. The van der Waals surface area contributed by atoms with Crippen molar-refractivity contribution < 1.29 is 17.7 Å². The molecule has 0 radical (unpaired) electrons. The van der Waals surface area contributed by atoms with Crippen LogP contribution in [0.1, 0.15) is 61.7 Å². The molecule has 1 aromatic carbocycles. The molecule has 9 nitrogen and oxygen atoms in total. The van der Waals surface area contributed by atoms with Crippen LogP contribution < -0.4 is 10.0 Å². The summed E-state index contributed by atoms with van der Waals surface area (Å²) in [5.74, 6) is -0.227. The van der Waals surface area contributed by atoms with Crippen LogP contribution in [0.3, 0.4) is 0 Å². The number of hydrogen-bond donors (Lipinski definition) is 3. The molecule has 206 valence electrons. The van der Waals surface area contributed by atoms with Gasteiger partial charge in [-0.15, -0.1) is 0 Å². The number of hydrogen-bond acceptors (Lipinski definition) is 6. The molecule has 1 saturated carbocycles. The number of benzene rings is 1. The summed E-state index contributed by atoms with van der Waals surface area (Å²) in [7, 11) is -4.14. The number of nitrogens with one attached hydrogen (secondary N) is 3. The van der Waals surface area contributed by atoms with Crippen LogP contribution in [0.2, 0.25) is 0 Å². The van der Waals surface area contributed by atoms with Gasteiger partial charge in [0.25, 0.3) is 0 Å². The van der Waals surface area contributed by atoms with Crippen molar-refractivity contribution in [2.45, 2.75) is 75.1 Å². The number of sulfonamides is 1. The molecule has 3 heterocycles. The Kier molecular flexibility index (Phi) is 7.35. The van der Waals surface area contributed by atoms with Gasteiger partial charge in [0.15, 0.2) is 5.76 Å². The van der Waals surface area contributed by atoms with Crippen LogP contribution in [-0.2, 0) is 26.7 Å². The van der Waals surface area contributed by atoms with Crippen molar-refractivity contribution in [1.29, 1.82) is 0 Å². The van der Waals surface area contributed by atoms with E-state index in [0.29, 0.717) is 6.54 Å². The van der Waals surface area contributed by atoms with Crippen molar-refractivity contribution in [2.24, 2.45) is 0 Å². The normalized spacial score (nSPS) is 17.1. The number of aromatic nitrogens is 3. The molecule has 0 saturated heterocycles. The molecule has 0 unspecified atom stereocenters. The van der Waals surface area contributed by atoms with Gasteiger partial charge in [-0.2, -0.15) is 4.72 Å². The topological polar surface area (TPSA) is 130 Å². The highest BCUT2D eigenvalue weighted by atomic mass is 32.2. The van der Waals surface area contributed by atoms with Crippen LogP contribution in [-0.4, -0.2) is 41.5 Å². The van der Waals surface area contributed by atoms with Crippen LogP contribution in [0.5, 0.6) is 0 Å². The van der Waals surface area contributed by atoms with Gasteiger partial charge in [-0.05, 0) is 57.4 Å². The fourth-order valence-electron chi connectivity index (χ4n) is 5.90. The summed E-state index contributed by atoms with van der Waals surface area (Å²) in [4.78, 5) is 21.9. The van der Waals surface area contributed by atoms with Crippen molar-refractivity contribution in [1.82, 2.24) is 25.2 Å². The van der Waals surface area contributed by atoms with E-state index in [0.717, 1.165) is 54.3 Å².